The molecule has 1 aromatic heterocycles. The molecule has 3 rings (SSSR count). The number of anilines is 1. The normalized spacial score (nSPS) is 17.2. The van der Waals surface area contributed by atoms with Crippen LogP contribution in [0.25, 0.3) is 0 Å². The predicted octanol–water partition coefficient (Wildman–Crippen LogP) is 1.27. The molecule has 1 aromatic carbocycles. The lowest BCUT2D eigenvalue weighted by Gasteiger charge is -2.18. The largest absolute Gasteiger partial charge is 0.497 e. The quantitative estimate of drug-likeness (QED) is 0.917. The van der Waals surface area contributed by atoms with Crippen LogP contribution in [0.3, 0.4) is 0 Å². The van der Waals surface area contributed by atoms with Gasteiger partial charge in [-0.1, -0.05) is 6.07 Å². The average Bonchev–Trinajstić information content (AvgIpc) is 3.09. The van der Waals surface area contributed by atoms with Crippen molar-refractivity contribution in [1.82, 2.24) is 14.9 Å². The minimum atomic E-state index is -0.231. The number of amides is 2. The second-order valence-corrected chi connectivity index (χ2v) is 5.87. The lowest BCUT2D eigenvalue weighted by molar-refractivity contribution is -0.117. The molecule has 0 radical (unpaired) electrons. The van der Waals surface area contributed by atoms with E-state index in [1.54, 1.807) is 36.9 Å². The van der Waals surface area contributed by atoms with Crippen molar-refractivity contribution in [3.05, 3.63) is 42.0 Å². The van der Waals surface area contributed by atoms with Gasteiger partial charge >= 0.3 is 0 Å². The fourth-order valence-electron chi connectivity index (χ4n) is 2.96. The van der Waals surface area contributed by atoms with Crippen LogP contribution >= 0.6 is 0 Å². The Balaban J connectivity index is 1.72. The summed E-state index contributed by atoms with van der Waals surface area (Å²) in [7, 11) is 3.36. The summed E-state index contributed by atoms with van der Waals surface area (Å²) >= 11 is 0. The van der Waals surface area contributed by atoms with Crippen LogP contribution in [0, 0.1) is 6.92 Å². The van der Waals surface area contributed by atoms with Crippen LogP contribution in [0.1, 0.15) is 22.6 Å². The first-order chi connectivity index (χ1) is 11.5. The Morgan fingerprint density at radius 3 is 2.88 bits per heavy atom. The Hall–Kier alpha value is -2.83. The van der Waals surface area contributed by atoms with Gasteiger partial charge in [-0.25, -0.2) is 4.98 Å². The topological polar surface area (TPSA) is 76.5 Å². The Labute approximate surface area is 140 Å². The molecule has 1 unspecified atom stereocenters. The molecule has 2 aromatic rings. The van der Waals surface area contributed by atoms with E-state index in [0.717, 1.165) is 5.69 Å². The summed E-state index contributed by atoms with van der Waals surface area (Å²) in [6, 6.07) is 7.11. The molecule has 24 heavy (non-hydrogen) atoms. The summed E-state index contributed by atoms with van der Waals surface area (Å²) in [6.07, 6.45) is 1.88. The van der Waals surface area contributed by atoms with Gasteiger partial charge in [-0.05, 0) is 19.1 Å². The third-order valence-corrected chi connectivity index (χ3v) is 4.16. The van der Waals surface area contributed by atoms with E-state index in [2.05, 4.69) is 10.3 Å². The molecule has 2 heterocycles. The van der Waals surface area contributed by atoms with Crippen LogP contribution in [0.2, 0.25) is 0 Å². The van der Waals surface area contributed by atoms with Gasteiger partial charge in [0.1, 0.15) is 11.4 Å². The monoisotopic (exact) mass is 328 g/mol. The third-order valence-electron chi connectivity index (χ3n) is 4.16. The summed E-state index contributed by atoms with van der Waals surface area (Å²) in [5.74, 6) is 0.464. The Kier molecular flexibility index (Phi) is 4.24. The molecule has 2 amide bonds. The smallest absolute Gasteiger partial charge is 0.270 e. The molecule has 126 valence electrons. The van der Waals surface area contributed by atoms with E-state index in [4.69, 9.17) is 4.74 Å². The highest BCUT2D eigenvalue weighted by atomic mass is 16.5. The van der Waals surface area contributed by atoms with Crippen molar-refractivity contribution in [1.29, 1.82) is 0 Å². The minimum Gasteiger partial charge on any atom is -0.497 e. The zero-order chi connectivity index (χ0) is 17.3. The summed E-state index contributed by atoms with van der Waals surface area (Å²) in [5.41, 5.74) is 1.96. The van der Waals surface area contributed by atoms with Crippen molar-refractivity contribution >= 4 is 17.5 Å². The highest BCUT2D eigenvalue weighted by Crippen LogP contribution is 2.25. The molecule has 7 heteroatoms. The number of hydrogen-bond donors (Lipinski definition) is 1. The van der Waals surface area contributed by atoms with Crippen molar-refractivity contribution in [2.75, 3.05) is 18.6 Å². The van der Waals surface area contributed by atoms with Gasteiger partial charge < -0.3 is 19.5 Å². The van der Waals surface area contributed by atoms with Gasteiger partial charge in [-0.3, -0.25) is 9.59 Å². The molecule has 0 spiro atoms. The van der Waals surface area contributed by atoms with Gasteiger partial charge in [0.15, 0.2) is 0 Å². The molecule has 0 aliphatic carbocycles. The van der Waals surface area contributed by atoms with Crippen molar-refractivity contribution in [3.8, 4) is 5.75 Å². The molecule has 7 nitrogen and oxygen atoms in total. The average molecular weight is 328 g/mol. The highest BCUT2D eigenvalue weighted by molar-refractivity contribution is 5.98. The number of aromatic nitrogens is 2. The molecular formula is C17H20N4O3. The number of hydrogen-bond acceptors (Lipinski definition) is 4. The van der Waals surface area contributed by atoms with Crippen LogP contribution in [0.4, 0.5) is 5.69 Å². The lowest BCUT2D eigenvalue weighted by Crippen LogP contribution is -2.38. The number of aryl methyl sites for hydroxylation is 2. The maximum absolute atomic E-state index is 12.4. The molecule has 1 aliphatic heterocycles. The summed E-state index contributed by atoms with van der Waals surface area (Å²) in [5, 5.41) is 2.93. The Bertz CT molecular complexity index is 764. The van der Waals surface area contributed by atoms with Gasteiger partial charge in [-0.2, -0.15) is 0 Å². The van der Waals surface area contributed by atoms with E-state index in [9.17, 15) is 9.59 Å². The SMILES string of the molecule is COc1cccc(N2CC(NC(=O)c3c(C)ncn3C)CC2=O)c1. The first-order valence-electron chi connectivity index (χ1n) is 7.72. The zero-order valence-electron chi connectivity index (χ0n) is 13.9. The number of carbonyl (C=O) groups is 2. The van der Waals surface area contributed by atoms with Crippen molar-refractivity contribution in [3.63, 3.8) is 0 Å². The van der Waals surface area contributed by atoms with E-state index < -0.39 is 0 Å². The van der Waals surface area contributed by atoms with Crippen molar-refractivity contribution < 1.29 is 14.3 Å². The number of rotatable bonds is 4. The maximum atomic E-state index is 12.4. The number of nitrogens with one attached hydrogen (secondary N) is 1. The number of methoxy groups -OCH3 is 1. The van der Waals surface area contributed by atoms with E-state index >= 15 is 0 Å². The van der Waals surface area contributed by atoms with Crippen LogP contribution in [0.5, 0.6) is 5.75 Å². The Morgan fingerprint density at radius 2 is 2.21 bits per heavy atom. The molecule has 0 bridgehead atoms. The number of nitrogens with zero attached hydrogens (tertiary/aromatic N) is 3. The van der Waals surface area contributed by atoms with E-state index in [1.807, 2.05) is 24.3 Å². The first-order valence-corrected chi connectivity index (χ1v) is 7.72. The van der Waals surface area contributed by atoms with Crippen LogP contribution in [-0.2, 0) is 11.8 Å². The summed E-state index contributed by atoms with van der Waals surface area (Å²) in [6.45, 7) is 2.23. The second-order valence-electron chi connectivity index (χ2n) is 5.87. The molecular weight excluding hydrogens is 308 g/mol. The van der Waals surface area contributed by atoms with Crippen molar-refractivity contribution in [2.24, 2.45) is 7.05 Å². The first kappa shape index (κ1) is 16.0. The summed E-state index contributed by atoms with van der Waals surface area (Å²) < 4.78 is 6.88. The minimum absolute atomic E-state index is 0.0183. The van der Waals surface area contributed by atoms with E-state index in [-0.39, 0.29) is 24.3 Å². The maximum Gasteiger partial charge on any atom is 0.270 e. The number of benzene rings is 1. The van der Waals surface area contributed by atoms with E-state index in [1.165, 1.54) is 0 Å². The van der Waals surface area contributed by atoms with Gasteiger partial charge in [0.25, 0.3) is 5.91 Å². The standard InChI is InChI=1S/C17H20N4O3/c1-11-16(20(2)10-18-11)17(23)19-12-7-15(22)21(9-12)13-5-4-6-14(8-13)24-3/h4-6,8,10,12H,7,9H2,1-3H3,(H,19,23). The van der Waals surface area contributed by atoms with Gasteiger partial charge in [0.2, 0.25) is 5.91 Å². The molecule has 1 atom stereocenters. The van der Waals surface area contributed by atoms with Gasteiger partial charge in [0.05, 0.1) is 25.2 Å². The van der Waals surface area contributed by atoms with Crippen LogP contribution < -0.4 is 15.0 Å². The van der Waals surface area contributed by atoms with Crippen molar-refractivity contribution in [2.45, 2.75) is 19.4 Å². The molecule has 0 saturated carbocycles. The predicted molar refractivity (Wildman–Crippen MR) is 89.2 cm³/mol. The second kappa shape index (κ2) is 6.35. The number of ether oxygens (including phenoxy) is 1. The van der Waals surface area contributed by atoms with Gasteiger partial charge in [0, 0.05) is 31.8 Å². The molecule has 1 saturated heterocycles. The van der Waals surface area contributed by atoms with E-state index in [0.29, 0.717) is 23.7 Å². The lowest BCUT2D eigenvalue weighted by atomic mass is 10.2. The third kappa shape index (κ3) is 2.97. The van der Waals surface area contributed by atoms with Crippen LogP contribution in [0.15, 0.2) is 30.6 Å². The van der Waals surface area contributed by atoms with Crippen LogP contribution in [-0.4, -0.2) is 41.1 Å². The number of carbonyl (C=O) groups excluding carboxylic acids is 2. The highest BCUT2D eigenvalue weighted by Gasteiger charge is 2.32. The zero-order valence-corrected chi connectivity index (χ0v) is 13.9. The number of imidazole rings is 1. The fourth-order valence-corrected chi connectivity index (χ4v) is 2.96. The fraction of sp³-hybridized carbons (Fsp3) is 0.353. The molecule has 1 aliphatic rings. The molecule has 1 fully saturated rings. The summed E-state index contributed by atoms with van der Waals surface area (Å²) in [4.78, 5) is 30.5. The van der Waals surface area contributed by atoms with Gasteiger partial charge in [-0.15, -0.1) is 0 Å². The Morgan fingerprint density at radius 1 is 1.42 bits per heavy atom. The molecule has 1 N–H and O–H groups in total.